The number of hydrogen-bond acceptors (Lipinski definition) is 3. The summed E-state index contributed by atoms with van der Waals surface area (Å²) in [6.45, 7) is 2.77. The van der Waals surface area contributed by atoms with E-state index in [1.807, 2.05) is 62.5 Å². The van der Waals surface area contributed by atoms with Crippen LogP contribution >= 0.6 is 0 Å². The fourth-order valence-corrected chi connectivity index (χ4v) is 3.11. The maximum absolute atomic E-state index is 12.6. The number of nitrogens with two attached hydrogens (primary N) is 1. The third kappa shape index (κ3) is 9.12. The van der Waals surface area contributed by atoms with Gasteiger partial charge < -0.3 is 15.8 Å². The van der Waals surface area contributed by atoms with E-state index < -0.39 is 11.7 Å². The Balaban J connectivity index is 0.000000303. The molecule has 0 aliphatic rings. The molecule has 2 atom stereocenters. The molecule has 3 rings (SSSR count). The summed E-state index contributed by atoms with van der Waals surface area (Å²) >= 11 is 0. The zero-order valence-electron chi connectivity index (χ0n) is 18.5. The lowest BCUT2D eigenvalue weighted by molar-refractivity contribution is -0.137. The van der Waals surface area contributed by atoms with E-state index in [0.717, 1.165) is 37.1 Å². The Bertz CT molecular complexity index is 882. The highest BCUT2D eigenvalue weighted by Crippen LogP contribution is 2.31. The van der Waals surface area contributed by atoms with E-state index in [9.17, 15) is 13.2 Å². The van der Waals surface area contributed by atoms with E-state index >= 15 is 0 Å². The summed E-state index contributed by atoms with van der Waals surface area (Å²) in [5.41, 5.74) is 7.26. The van der Waals surface area contributed by atoms with Crippen LogP contribution in [-0.4, -0.2) is 19.6 Å². The van der Waals surface area contributed by atoms with Crippen molar-refractivity contribution in [2.45, 2.75) is 38.1 Å². The predicted octanol–water partition coefficient (Wildman–Crippen LogP) is 6.01. The van der Waals surface area contributed by atoms with Gasteiger partial charge in [-0.2, -0.15) is 13.2 Å². The maximum atomic E-state index is 12.6. The first-order valence-electron chi connectivity index (χ1n) is 10.6. The SMILES string of the molecule is CC(N)Cc1ccccc1.CNCCC(Oc1ccc(C(F)(F)F)cc1)c1ccccc1. The first-order chi connectivity index (χ1) is 15.3. The van der Waals surface area contributed by atoms with Crippen LogP contribution < -0.4 is 15.8 Å². The van der Waals surface area contributed by atoms with Crippen LogP contribution in [0.15, 0.2) is 84.9 Å². The normalized spacial score (nSPS) is 12.9. The average Bonchev–Trinajstić information content (AvgIpc) is 2.78. The van der Waals surface area contributed by atoms with Crippen molar-refractivity contribution in [1.82, 2.24) is 5.32 Å². The Morgan fingerprint density at radius 3 is 1.94 bits per heavy atom. The Labute approximate surface area is 188 Å². The van der Waals surface area contributed by atoms with Gasteiger partial charge in [-0.05, 0) is 62.3 Å². The molecule has 0 aromatic heterocycles. The van der Waals surface area contributed by atoms with Gasteiger partial charge in [-0.3, -0.25) is 0 Å². The first kappa shape index (κ1) is 25.4. The van der Waals surface area contributed by atoms with Gasteiger partial charge in [0.05, 0.1) is 5.56 Å². The van der Waals surface area contributed by atoms with Crippen molar-refractivity contribution in [3.63, 3.8) is 0 Å². The molecule has 0 aliphatic heterocycles. The first-order valence-corrected chi connectivity index (χ1v) is 10.6. The third-order valence-corrected chi connectivity index (χ3v) is 4.69. The molecule has 0 aliphatic carbocycles. The van der Waals surface area contributed by atoms with E-state index in [-0.39, 0.29) is 12.1 Å². The fourth-order valence-electron chi connectivity index (χ4n) is 3.11. The standard InChI is InChI=1S/C17H18F3NO.C9H13N/c1-21-12-11-16(13-5-3-2-4-6-13)22-15-9-7-14(8-10-15)17(18,19)20;1-8(10)7-9-5-3-2-4-6-9/h2-10,16,21H,11-12H2,1H3;2-6,8H,7,10H2,1H3. The zero-order valence-corrected chi connectivity index (χ0v) is 18.5. The van der Waals surface area contributed by atoms with Crippen molar-refractivity contribution in [2.75, 3.05) is 13.6 Å². The molecular weight excluding hydrogens is 413 g/mol. The molecule has 0 heterocycles. The van der Waals surface area contributed by atoms with Crippen LogP contribution in [0.25, 0.3) is 0 Å². The van der Waals surface area contributed by atoms with E-state index in [1.54, 1.807) is 0 Å². The van der Waals surface area contributed by atoms with Gasteiger partial charge in [0.1, 0.15) is 11.9 Å². The van der Waals surface area contributed by atoms with Crippen molar-refractivity contribution in [2.24, 2.45) is 5.73 Å². The minimum absolute atomic E-state index is 0.203. The molecule has 0 saturated carbocycles. The Kier molecular flexibility index (Phi) is 10.2. The number of hydrogen-bond donors (Lipinski definition) is 2. The lowest BCUT2D eigenvalue weighted by Gasteiger charge is -2.20. The molecule has 3 aromatic rings. The molecule has 0 saturated heterocycles. The van der Waals surface area contributed by atoms with Gasteiger partial charge >= 0.3 is 6.18 Å². The molecule has 0 spiro atoms. The van der Waals surface area contributed by atoms with Crippen molar-refractivity contribution in [1.29, 1.82) is 0 Å². The number of ether oxygens (including phenoxy) is 1. The summed E-state index contributed by atoms with van der Waals surface area (Å²) in [5, 5.41) is 3.05. The number of rotatable bonds is 8. The highest BCUT2D eigenvalue weighted by atomic mass is 19.4. The van der Waals surface area contributed by atoms with Crippen LogP contribution in [0.3, 0.4) is 0 Å². The van der Waals surface area contributed by atoms with Gasteiger partial charge in [-0.1, -0.05) is 60.7 Å². The van der Waals surface area contributed by atoms with E-state index in [2.05, 4.69) is 17.4 Å². The molecule has 6 heteroatoms. The third-order valence-electron chi connectivity index (χ3n) is 4.69. The average molecular weight is 445 g/mol. The smallest absolute Gasteiger partial charge is 0.416 e. The summed E-state index contributed by atoms with van der Waals surface area (Å²) < 4.78 is 43.6. The summed E-state index contributed by atoms with van der Waals surface area (Å²) in [6, 6.07) is 25.0. The molecule has 3 N–H and O–H groups in total. The van der Waals surface area contributed by atoms with E-state index in [0.29, 0.717) is 5.75 Å². The molecule has 0 amide bonds. The molecule has 2 unspecified atom stereocenters. The van der Waals surface area contributed by atoms with Crippen LogP contribution in [0.5, 0.6) is 5.75 Å². The zero-order chi connectivity index (χ0) is 23.4. The van der Waals surface area contributed by atoms with Crippen LogP contribution in [0.2, 0.25) is 0 Å². The molecule has 172 valence electrons. The summed E-state index contributed by atoms with van der Waals surface area (Å²) in [7, 11) is 1.85. The highest BCUT2D eigenvalue weighted by molar-refractivity contribution is 5.30. The van der Waals surface area contributed by atoms with Crippen molar-refractivity contribution < 1.29 is 17.9 Å². The van der Waals surface area contributed by atoms with Gasteiger partial charge in [0.25, 0.3) is 0 Å². The van der Waals surface area contributed by atoms with Crippen LogP contribution in [0.4, 0.5) is 13.2 Å². The molecular formula is C26H31F3N2O. The van der Waals surface area contributed by atoms with Gasteiger partial charge in [0, 0.05) is 12.5 Å². The van der Waals surface area contributed by atoms with Gasteiger partial charge in [0.15, 0.2) is 0 Å². The second-order valence-electron chi connectivity index (χ2n) is 7.60. The highest BCUT2D eigenvalue weighted by Gasteiger charge is 2.30. The number of benzene rings is 3. The molecule has 0 fully saturated rings. The predicted molar refractivity (Wildman–Crippen MR) is 124 cm³/mol. The van der Waals surface area contributed by atoms with Crippen LogP contribution in [0, 0.1) is 0 Å². The van der Waals surface area contributed by atoms with Crippen molar-refractivity contribution >= 4 is 0 Å². The topological polar surface area (TPSA) is 47.3 Å². The minimum Gasteiger partial charge on any atom is -0.486 e. The molecule has 0 radical (unpaired) electrons. The number of nitrogens with one attached hydrogen (secondary N) is 1. The lowest BCUT2D eigenvalue weighted by atomic mass is 10.1. The van der Waals surface area contributed by atoms with Gasteiger partial charge in [-0.15, -0.1) is 0 Å². The van der Waals surface area contributed by atoms with Gasteiger partial charge in [0.2, 0.25) is 0 Å². The maximum Gasteiger partial charge on any atom is 0.416 e. The second-order valence-corrected chi connectivity index (χ2v) is 7.60. The van der Waals surface area contributed by atoms with E-state index in [1.165, 1.54) is 17.7 Å². The summed E-state index contributed by atoms with van der Waals surface area (Å²) in [6.07, 6.45) is -2.84. The van der Waals surface area contributed by atoms with E-state index in [4.69, 9.17) is 10.5 Å². The molecule has 3 nitrogen and oxygen atoms in total. The molecule has 0 bridgehead atoms. The van der Waals surface area contributed by atoms with Crippen LogP contribution in [0.1, 0.15) is 36.1 Å². The molecule has 32 heavy (non-hydrogen) atoms. The molecule has 3 aromatic carbocycles. The van der Waals surface area contributed by atoms with Crippen LogP contribution in [-0.2, 0) is 12.6 Å². The number of alkyl halides is 3. The van der Waals surface area contributed by atoms with Crippen molar-refractivity contribution in [3.05, 3.63) is 102 Å². The lowest BCUT2D eigenvalue weighted by Crippen LogP contribution is -2.17. The quantitative estimate of drug-likeness (QED) is 0.447. The fraction of sp³-hybridized carbons (Fsp3) is 0.308. The summed E-state index contributed by atoms with van der Waals surface area (Å²) in [5.74, 6) is 0.429. The second kappa shape index (κ2) is 12.9. The monoisotopic (exact) mass is 444 g/mol. The Morgan fingerprint density at radius 2 is 1.44 bits per heavy atom. The van der Waals surface area contributed by atoms with Crippen molar-refractivity contribution in [3.8, 4) is 5.75 Å². The number of halogens is 3. The summed E-state index contributed by atoms with van der Waals surface area (Å²) in [4.78, 5) is 0. The van der Waals surface area contributed by atoms with Gasteiger partial charge in [-0.25, -0.2) is 0 Å². The Hall–Kier alpha value is -2.83. The minimum atomic E-state index is -4.33. The Morgan fingerprint density at radius 1 is 0.875 bits per heavy atom. The largest absolute Gasteiger partial charge is 0.486 e.